The molecule has 110 valence electrons. The molecule has 1 heterocycles. The number of amides is 2. The number of likely N-dealkylation sites (N-methyl/N-ethyl adjacent to an activating group) is 1. The highest BCUT2D eigenvalue weighted by Crippen LogP contribution is 2.13. The van der Waals surface area contributed by atoms with Gasteiger partial charge in [0.05, 0.1) is 6.10 Å². The van der Waals surface area contributed by atoms with Crippen molar-refractivity contribution in [3.05, 3.63) is 0 Å². The average Bonchev–Trinajstić information content (AvgIpc) is 2.39. The summed E-state index contributed by atoms with van der Waals surface area (Å²) in [5, 5.41) is 11.5. The molecule has 1 aliphatic heterocycles. The summed E-state index contributed by atoms with van der Waals surface area (Å²) in [6.45, 7) is 3.14. The largest absolute Gasteiger partial charge is 0.480 e. The van der Waals surface area contributed by atoms with E-state index in [0.29, 0.717) is 19.4 Å². The van der Waals surface area contributed by atoms with Crippen LogP contribution in [0.1, 0.15) is 39.0 Å². The van der Waals surface area contributed by atoms with Crippen molar-refractivity contribution < 1.29 is 19.4 Å². The summed E-state index contributed by atoms with van der Waals surface area (Å²) in [6, 6.07) is -1.16. The van der Waals surface area contributed by atoms with Crippen LogP contribution < -0.4 is 5.32 Å². The third-order valence-corrected chi connectivity index (χ3v) is 3.27. The van der Waals surface area contributed by atoms with Crippen molar-refractivity contribution in [2.24, 2.45) is 0 Å². The van der Waals surface area contributed by atoms with Gasteiger partial charge in [0.1, 0.15) is 6.04 Å². The van der Waals surface area contributed by atoms with Crippen molar-refractivity contribution in [3.63, 3.8) is 0 Å². The van der Waals surface area contributed by atoms with Gasteiger partial charge in [-0.05, 0) is 25.7 Å². The van der Waals surface area contributed by atoms with E-state index in [1.54, 1.807) is 7.05 Å². The SMILES string of the molecule is CCCC(NC(=O)N(C)CC1CCCCO1)C(=O)O. The Morgan fingerprint density at radius 3 is 2.74 bits per heavy atom. The molecule has 6 heteroatoms. The van der Waals surface area contributed by atoms with E-state index in [9.17, 15) is 9.59 Å². The molecular formula is C13H24N2O4. The van der Waals surface area contributed by atoms with Crippen LogP contribution in [0.5, 0.6) is 0 Å². The van der Waals surface area contributed by atoms with Crippen molar-refractivity contribution in [1.29, 1.82) is 0 Å². The number of urea groups is 1. The van der Waals surface area contributed by atoms with Crippen molar-refractivity contribution in [2.45, 2.75) is 51.2 Å². The molecule has 0 bridgehead atoms. The molecule has 19 heavy (non-hydrogen) atoms. The van der Waals surface area contributed by atoms with Crippen LogP contribution in [-0.2, 0) is 9.53 Å². The summed E-state index contributed by atoms with van der Waals surface area (Å²) < 4.78 is 5.56. The number of hydrogen-bond donors (Lipinski definition) is 2. The van der Waals surface area contributed by atoms with Crippen LogP contribution in [-0.4, -0.2) is 54.4 Å². The summed E-state index contributed by atoms with van der Waals surface area (Å²) in [4.78, 5) is 24.4. The van der Waals surface area contributed by atoms with E-state index < -0.39 is 12.0 Å². The Morgan fingerprint density at radius 1 is 1.47 bits per heavy atom. The fourth-order valence-electron chi connectivity index (χ4n) is 2.15. The highest BCUT2D eigenvalue weighted by Gasteiger charge is 2.23. The van der Waals surface area contributed by atoms with Gasteiger partial charge in [-0.15, -0.1) is 0 Å². The molecule has 0 radical (unpaired) electrons. The molecular weight excluding hydrogens is 248 g/mol. The number of nitrogens with one attached hydrogen (secondary N) is 1. The molecule has 0 aromatic rings. The maximum absolute atomic E-state index is 11.9. The second kappa shape index (κ2) is 7.99. The Balaban J connectivity index is 2.39. The average molecular weight is 272 g/mol. The van der Waals surface area contributed by atoms with Gasteiger partial charge in [-0.2, -0.15) is 0 Å². The normalized spacial score (nSPS) is 20.6. The molecule has 0 aliphatic carbocycles. The number of carboxylic acid groups (broad SMARTS) is 1. The molecule has 2 unspecified atom stereocenters. The Labute approximate surface area is 114 Å². The van der Waals surface area contributed by atoms with Gasteiger partial charge in [0.2, 0.25) is 0 Å². The van der Waals surface area contributed by atoms with E-state index in [0.717, 1.165) is 25.9 Å². The number of hydrogen-bond acceptors (Lipinski definition) is 3. The second-order valence-corrected chi connectivity index (χ2v) is 5.00. The van der Waals surface area contributed by atoms with Gasteiger partial charge in [-0.25, -0.2) is 9.59 Å². The molecule has 2 amide bonds. The minimum atomic E-state index is -0.988. The first-order chi connectivity index (χ1) is 9.04. The summed E-state index contributed by atoms with van der Waals surface area (Å²) in [6.07, 6.45) is 4.37. The van der Waals surface area contributed by atoms with Crippen molar-refractivity contribution >= 4 is 12.0 Å². The molecule has 2 atom stereocenters. The first-order valence-corrected chi connectivity index (χ1v) is 6.90. The van der Waals surface area contributed by atoms with E-state index in [-0.39, 0.29) is 12.1 Å². The Kier molecular flexibility index (Phi) is 6.62. The van der Waals surface area contributed by atoms with E-state index in [1.165, 1.54) is 4.90 Å². The number of nitrogens with zero attached hydrogens (tertiary/aromatic N) is 1. The van der Waals surface area contributed by atoms with Gasteiger partial charge in [-0.1, -0.05) is 13.3 Å². The zero-order valence-electron chi connectivity index (χ0n) is 11.7. The highest BCUT2D eigenvalue weighted by molar-refractivity contribution is 5.82. The smallest absolute Gasteiger partial charge is 0.326 e. The molecule has 0 spiro atoms. The van der Waals surface area contributed by atoms with Gasteiger partial charge in [0, 0.05) is 20.2 Å². The Bertz CT molecular complexity index is 303. The van der Waals surface area contributed by atoms with Gasteiger partial charge in [0.15, 0.2) is 0 Å². The van der Waals surface area contributed by atoms with Gasteiger partial charge >= 0.3 is 12.0 Å². The molecule has 1 fully saturated rings. The molecule has 0 aromatic carbocycles. The van der Waals surface area contributed by atoms with Crippen LogP contribution in [0.15, 0.2) is 0 Å². The maximum Gasteiger partial charge on any atom is 0.326 e. The number of carbonyl (C=O) groups excluding carboxylic acids is 1. The molecule has 6 nitrogen and oxygen atoms in total. The van der Waals surface area contributed by atoms with Crippen LogP contribution in [0.2, 0.25) is 0 Å². The number of carboxylic acids is 1. The van der Waals surface area contributed by atoms with E-state index >= 15 is 0 Å². The van der Waals surface area contributed by atoms with E-state index in [2.05, 4.69) is 5.32 Å². The third-order valence-electron chi connectivity index (χ3n) is 3.27. The lowest BCUT2D eigenvalue weighted by molar-refractivity contribution is -0.139. The zero-order chi connectivity index (χ0) is 14.3. The molecule has 1 aliphatic rings. The van der Waals surface area contributed by atoms with Crippen molar-refractivity contribution in [1.82, 2.24) is 10.2 Å². The zero-order valence-corrected chi connectivity index (χ0v) is 11.7. The van der Waals surface area contributed by atoms with E-state index in [1.807, 2.05) is 6.92 Å². The standard InChI is InChI=1S/C13H24N2O4/c1-3-6-11(12(16)17)14-13(18)15(2)9-10-7-4-5-8-19-10/h10-11H,3-9H2,1-2H3,(H,14,18)(H,16,17). The quantitative estimate of drug-likeness (QED) is 0.767. The van der Waals surface area contributed by atoms with Crippen molar-refractivity contribution in [2.75, 3.05) is 20.2 Å². The van der Waals surface area contributed by atoms with Crippen LogP contribution in [0.3, 0.4) is 0 Å². The van der Waals surface area contributed by atoms with Crippen LogP contribution in [0.4, 0.5) is 4.79 Å². The van der Waals surface area contributed by atoms with Gasteiger partial charge in [0.25, 0.3) is 0 Å². The summed E-state index contributed by atoms with van der Waals surface area (Å²) in [5.74, 6) is -0.988. The first-order valence-electron chi connectivity index (χ1n) is 6.90. The predicted octanol–water partition coefficient (Wildman–Crippen LogP) is 1.45. The van der Waals surface area contributed by atoms with Crippen molar-refractivity contribution in [3.8, 4) is 0 Å². The maximum atomic E-state index is 11.9. The number of aliphatic carboxylic acids is 1. The van der Waals surface area contributed by atoms with Crippen LogP contribution in [0, 0.1) is 0 Å². The monoisotopic (exact) mass is 272 g/mol. The van der Waals surface area contributed by atoms with E-state index in [4.69, 9.17) is 9.84 Å². The summed E-state index contributed by atoms with van der Waals surface area (Å²) >= 11 is 0. The Hall–Kier alpha value is -1.30. The predicted molar refractivity (Wildman–Crippen MR) is 71.1 cm³/mol. The number of carbonyl (C=O) groups is 2. The lowest BCUT2D eigenvalue weighted by Crippen LogP contribution is -2.48. The molecule has 1 saturated heterocycles. The lowest BCUT2D eigenvalue weighted by Gasteiger charge is -2.28. The highest BCUT2D eigenvalue weighted by atomic mass is 16.5. The third kappa shape index (κ3) is 5.46. The molecule has 1 rings (SSSR count). The number of ether oxygens (including phenoxy) is 1. The lowest BCUT2D eigenvalue weighted by atomic mass is 10.1. The fraction of sp³-hybridized carbons (Fsp3) is 0.846. The minimum Gasteiger partial charge on any atom is -0.480 e. The number of rotatable bonds is 6. The summed E-state index contributed by atoms with van der Waals surface area (Å²) in [7, 11) is 1.66. The van der Waals surface area contributed by atoms with Gasteiger partial charge in [-0.3, -0.25) is 0 Å². The second-order valence-electron chi connectivity index (χ2n) is 5.00. The van der Waals surface area contributed by atoms with Gasteiger partial charge < -0.3 is 20.1 Å². The molecule has 0 aromatic heterocycles. The fourth-order valence-corrected chi connectivity index (χ4v) is 2.15. The Morgan fingerprint density at radius 2 is 2.21 bits per heavy atom. The minimum absolute atomic E-state index is 0.0685. The molecule has 0 saturated carbocycles. The topological polar surface area (TPSA) is 78.9 Å². The van der Waals surface area contributed by atoms with Crippen LogP contribution in [0.25, 0.3) is 0 Å². The summed E-state index contributed by atoms with van der Waals surface area (Å²) in [5.41, 5.74) is 0. The van der Waals surface area contributed by atoms with Crippen LogP contribution >= 0.6 is 0 Å². The first kappa shape index (κ1) is 15.8. The molecule has 2 N–H and O–H groups in total.